The van der Waals surface area contributed by atoms with Crippen LogP contribution in [0.25, 0.3) is 0 Å². The number of nitrogens with zero attached hydrogens (tertiary/aromatic N) is 4. The molecule has 3 heterocycles. The fourth-order valence-electron chi connectivity index (χ4n) is 4.37. The number of hydrogen-bond donors (Lipinski definition) is 1. The van der Waals surface area contributed by atoms with Gasteiger partial charge in [0.15, 0.2) is 6.67 Å². The van der Waals surface area contributed by atoms with Crippen LogP contribution in [-0.4, -0.2) is 34.5 Å². The topological polar surface area (TPSA) is 30.4 Å². The molecule has 5 nitrogen and oxygen atoms in total. The predicted molar refractivity (Wildman–Crippen MR) is 112 cm³/mol. The molecule has 0 bridgehead atoms. The highest BCUT2D eigenvalue weighted by atomic mass is 32.1. The fourth-order valence-corrected chi connectivity index (χ4v) is 4.67. The molecule has 0 saturated carbocycles. The summed E-state index contributed by atoms with van der Waals surface area (Å²) in [5.74, 6) is 1.18. The molecule has 1 N–H and O–H groups in total. The van der Waals surface area contributed by atoms with Gasteiger partial charge in [0.05, 0.1) is 7.05 Å². The second-order valence-electron chi connectivity index (χ2n) is 8.17. The summed E-state index contributed by atoms with van der Waals surface area (Å²) in [5, 5.41) is 4.82. The van der Waals surface area contributed by atoms with Crippen LogP contribution in [0.3, 0.4) is 0 Å². The first-order chi connectivity index (χ1) is 13.2. The van der Waals surface area contributed by atoms with Gasteiger partial charge >= 0.3 is 0 Å². The van der Waals surface area contributed by atoms with Gasteiger partial charge in [0.2, 0.25) is 4.77 Å². The van der Waals surface area contributed by atoms with Crippen LogP contribution in [0.2, 0.25) is 0 Å². The van der Waals surface area contributed by atoms with E-state index >= 15 is 0 Å². The van der Waals surface area contributed by atoms with Crippen molar-refractivity contribution in [3.05, 3.63) is 40.4 Å². The molecule has 2 aliphatic rings. The first kappa shape index (κ1) is 18.7. The average Bonchev–Trinajstić information content (AvgIpc) is 2.86. The van der Waals surface area contributed by atoms with Gasteiger partial charge in [-0.2, -0.15) is 9.78 Å². The molecule has 1 aromatic carbocycles. The Kier molecular flexibility index (Phi) is 5.93. The van der Waals surface area contributed by atoms with Gasteiger partial charge in [-0.1, -0.05) is 18.6 Å². The third kappa shape index (κ3) is 4.43. The summed E-state index contributed by atoms with van der Waals surface area (Å²) < 4.78 is 5.18. The third-order valence-electron chi connectivity index (χ3n) is 5.86. The van der Waals surface area contributed by atoms with Crippen LogP contribution in [0.15, 0.2) is 24.3 Å². The van der Waals surface area contributed by atoms with Crippen molar-refractivity contribution in [3.8, 4) is 0 Å². The number of nitrogens with one attached hydrogen (secondary N) is 1. The zero-order valence-corrected chi connectivity index (χ0v) is 17.3. The van der Waals surface area contributed by atoms with Crippen LogP contribution >= 0.6 is 12.2 Å². The number of aromatic nitrogens is 3. The molecule has 2 aromatic rings. The maximum absolute atomic E-state index is 5.69. The van der Waals surface area contributed by atoms with Crippen molar-refractivity contribution >= 4 is 17.9 Å². The molecule has 0 radical (unpaired) electrons. The van der Waals surface area contributed by atoms with E-state index < -0.39 is 0 Å². The summed E-state index contributed by atoms with van der Waals surface area (Å²) in [6.45, 7) is 5.25. The fraction of sp³-hybridized carbons (Fsp3) is 0.619. The third-order valence-corrected chi connectivity index (χ3v) is 6.30. The van der Waals surface area contributed by atoms with Gasteiger partial charge in [0.1, 0.15) is 12.4 Å². The van der Waals surface area contributed by atoms with Gasteiger partial charge in [-0.25, -0.2) is 0 Å². The molecule has 1 fully saturated rings. The van der Waals surface area contributed by atoms with Crippen LogP contribution in [0.1, 0.15) is 49.9 Å². The van der Waals surface area contributed by atoms with Crippen molar-refractivity contribution in [2.45, 2.75) is 64.7 Å². The lowest BCUT2D eigenvalue weighted by Crippen LogP contribution is -3.07. The number of fused-ring (bicyclic) bond motifs is 1. The Morgan fingerprint density at radius 2 is 1.67 bits per heavy atom. The summed E-state index contributed by atoms with van der Waals surface area (Å²) in [5.41, 5.74) is 2.75. The highest BCUT2D eigenvalue weighted by Crippen LogP contribution is 2.20. The molecule has 0 amide bonds. The van der Waals surface area contributed by atoms with Crippen molar-refractivity contribution in [3.63, 3.8) is 0 Å². The summed E-state index contributed by atoms with van der Waals surface area (Å²) in [7, 11) is 2.23. The van der Waals surface area contributed by atoms with Gasteiger partial charge in [0, 0.05) is 37.3 Å². The van der Waals surface area contributed by atoms with Crippen molar-refractivity contribution in [1.29, 1.82) is 0 Å². The molecular weight excluding hydrogens is 354 g/mol. The number of aryl methyl sites for hydroxylation is 1. The Hall–Kier alpha value is -1.66. The van der Waals surface area contributed by atoms with E-state index in [0.717, 1.165) is 31.0 Å². The molecular formula is C21H32N5S+. The number of piperidine rings is 1. The number of benzene rings is 1. The van der Waals surface area contributed by atoms with Crippen LogP contribution in [0, 0.1) is 4.77 Å². The van der Waals surface area contributed by atoms with Gasteiger partial charge < -0.3 is 14.4 Å². The minimum Gasteiger partial charge on any atom is -0.372 e. The number of quaternary nitrogens is 1. The first-order valence-electron chi connectivity index (χ1n) is 10.5. The lowest BCUT2D eigenvalue weighted by Gasteiger charge is -2.28. The standard InChI is InChI=1S/C21H31N5S/c1-23(17-26-21(27)25-15-7-2-4-8-20(25)22-26)16-18-9-11-19(12-10-18)24-13-5-3-6-14-24/h9-12H,2-8,13-17H2,1H3/p+1. The molecule has 2 aliphatic heterocycles. The van der Waals surface area contributed by atoms with Gasteiger partial charge in [-0.05, 0) is 56.5 Å². The van der Waals surface area contributed by atoms with Crippen LogP contribution in [0.5, 0.6) is 0 Å². The van der Waals surface area contributed by atoms with Crippen molar-refractivity contribution in [2.75, 3.05) is 25.0 Å². The smallest absolute Gasteiger partial charge is 0.202 e. The molecule has 0 spiro atoms. The lowest BCUT2D eigenvalue weighted by atomic mass is 10.1. The minimum atomic E-state index is 0.826. The van der Waals surface area contributed by atoms with Crippen LogP contribution in [-0.2, 0) is 26.2 Å². The van der Waals surface area contributed by atoms with Crippen LogP contribution in [0.4, 0.5) is 5.69 Å². The lowest BCUT2D eigenvalue weighted by molar-refractivity contribution is -0.917. The molecule has 0 aliphatic carbocycles. The molecule has 1 aromatic heterocycles. The molecule has 1 atom stereocenters. The van der Waals surface area contributed by atoms with E-state index in [1.807, 2.05) is 4.68 Å². The van der Waals surface area contributed by atoms with E-state index in [0.29, 0.717) is 0 Å². The Labute approximate surface area is 167 Å². The Morgan fingerprint density at radius 1 is 0.963 bits per heavy atom. The second kappa shape index (κ2) is 8.57. The molecule has 6 heteroatoms. The molecule has 27 heavy (non-hydrogen) atoms. The quantitative estimate of drug-likeness (QED) is 0.802. The Morgan fingerprint density at radius 3 is 2.44 bits per heavy atom. The summed E-state index contributed by atoms with van der Waals surface area (Å²) in [6.07, 6.45) is 8.83. The summed E-state index contributed by atoms with van der Waals surface area (Å²) in [6, 6.07) is 9.15. The van der Waals surface area contributed by atoms with Crippen molar-refractivity contribution < 1.29 is 4.90 Å². The zero-order chi connectivity index (χ0) is 18.6. The van der Waals surface area contributed by atoms with Gasteiger partial charge in [-0.15, -0.1) is 0 Å². The molecule has 146 valence electrons. The maximum Gasteiger partial charge on any atom is 0.202 e. The van der Waals surface area contributed by atoms with Crippen LogP contribution < -0.4 is 9.80 Å². The number of hydrogen-bond acceptors (Lipinski definition) is 3. The second-order valence-corrected chi connectivity index (χ2v) is 8.53. The van der Waals surface area contributed by atoms with Gasteiger partial charge in [0.25, 0.3) is 0 Å². The van der Waals surface area contributed by atoms with Gasteiger partial charge in [-0.3, -0.25) is 0 Å². The maximum atomic E-state index is 5.69. The highest BCUT2D eigenvalue weighted by molar-refractivity contribution is 7.71. The SMILES string of the molecule is C[NH+](Cc1ccc(N2CCCCC2)cc1)Cn1nc2n(c1=S)CCCCC2. The average molecular weight is 387 g/mol. The van der Waals surface area contributed by atoms with E-state index in [1.165, 1.54) is 73.6 Å². The highest BCUT2D eigenvalue weighted by Gasteiger charge is 2.16. The Balaban J connectivity index is 1.38. The predicted octanol–water partition coefficient (Wildman–Crippen LogP) is 2.80. The first-order valence-corrected chi connectivity index (χ1v) is 10.9. The minimum absolute atomic E-state index is 0.826. The van der Waals surface area contributed by atoms with Crippen molar-refractivity contribution in [2.24, 2.45) is 0 Å². The summed E-state index contributed by atoms with van der Waals surface area (Å²) in [4.78, 5) is 3.92. The Bertz CT molecular complexity index is 801. The number of anilines is 1. The number of rotatable bonds is 5. The largest absolute Gasteiger partial charge is 0.372 e. The normalized spacial score (nSPS) is 18.8. The van der Waals surface area contributed by atoms with E-state index in [2.05, 4.69) is 40.8 Å². The van der Waals surface area contributed by atoms with E-state index in [1.54, 1.807) is 0 Å². The van der Waals surface area contributed by atoms with E-state index in [4.69, 9.17) is 17.3 Å². The van der Waals surface area contributed by atoms with Crippen molar-refractivity contribution in [1.82, 2.24) is 14.3 Å². The molecule has 1 unspecified atom stereocenters. The molecule has 4 rings (SSSR count). The summed E-state index contributed by atoms with van der Waals surface area (Å²) >= 11 is 5.69. The zero-order valence-electron chi connectivity index (χ0n) is 16.5. The molecule has 1 saturated heterocycles. The van der Waals surface area contributed by atoms with E-state index in [-0.39, 0.29) is 0 Å². The monoisotopic (exact) mass is 386 g/mol. The van der Waals surface area contributed by atoms with E-state index in [9.17, 15) is 0 Å².